The minimum absolute atomic E-state index is 0.627. The molecule has 1 aromatic heterocycles. The van der Waals surface area contributed by atoms with Crippen molar-refractivity contribution in [3.8, 4) is 0 Å². The third-order valence-corrected chi connectivity index (χ3v) is 3.55. The molecule has 86 valence electrons. The first kappa shape index (κ1) is 10.1. The van der Waals surface area contributed by atoms with Crippen LogP contribution in [0.4, 0.5) is 5.69 Å². The average molecular weight is 217 g/mol. The van der Waals surface area contributed by atoms with Crippen LogP contribution in [0.5, 0.6) is 0 Å². The molecule has 3 rings (SSSR count). The van der Waals surface area contributed by atoms with Gasteiger partial charge in [0.05, 0.1) is 0 Å². The van der Waals surface area contributed by atoms with Crippen LogP contribution >= 0.6 is 0 Å². The number of nitrogens with zero attached hydrogens (tertiary/aromatic N) is 2. The molecule has 1 saturated carbocycles. The maximum Gasteiger partial charge on any atom is 0.0400 e. The number of hydrogen-bond donors (Lipinski definition) is 1. The van der Waals surface area contributed by atoms with Crippen LogP contribution in [0.2, 0.25) is 0 Å². The molecule has 0 radical (unpaired) electrons. The highest BCUT2D eigenvalue weighted by atomic mass is 15.2. The van der Waals surface area contributed by atoms with E-state index in [9.17, 15) is 0 Å². The van der Waals surface area contributed by atoms with Gasteiger partial charge < -0.3 is 5.32 Å². The lowest BCUT2D eigenvalue weighted by Crippen LogP contribution is -2.27. The van der Waals surface area contributed by atoms with E-state index in [0.29, 0.717) is 6.04 Å². The molecule has 3 nitrogen and oxygen atoms in total. The molecular formula is C13H19N3. The fourth-order valence-electron chi connectivity index (χ4n) is 2.55. The summed E-state index contributed by atoms with van der Waals surface area (Å²) >= 11 is 0. The summed E-state index contributed by atoms with van der Waals surface area (Å²) < 4.78 is 0. The monoisotopic (exact) mass is 217 g/mol. The molecule has 1 unspecified atom stereocenters. The van der Waals surface area contributed by atoms with E-state index in [4.69, 9.17) is 0 Å². The van der Waals surface area contributed by atoms with Crippen LogP contribution in [0.25, 0.3) is 0 Å². The Bertz CT molecular complexity index is 373. The van der Waals surface area contributed by atoms with Gasteiger partial charge in [-0.15, -0.1) is 0 Å². The first-order valence-corrected chi connectivity index (χ1v) is 6.24. The minimum atomic E-state index is 0.627. The summed E-state index contributed by atoms with van der Waals surface area (Å²) in [5.41, 5.74) is 2.30. The molecule has 1 aromatic rings. The summed E-state index contributed by atoms with van der Waals surface area (Å²) in [5, 5.41) is 3.61. The van der Waals surface area contributed by atoms with Crippen molar-refractivity contribution in [1.29, 1.82) is 0 Å². The predicted molar refractivity (Wildman–Crippen MR) is 65.6 cm³/mol. The topological polar surface area (TPSA) is 28.2 Å². The Kier molecular flexibility index (Phi) is 2.56. The Morgan fingerprint density at radius 3 is 3.00 bits per heavy atom. The van der Waals surface area contributed by atoms with Crippen LogP contribution in [0.15, 0.2) is 18.3 Å². The number of aryl methyl sites for hydroxylation is 1. The van der Waals surface area contributed by atoms with Crippen LogP contribution in [0.1, 0.15) is 25.0 Å². The maximum atomic E-state index is 4.22. The predicted octanol–water partition coefficient (Wildman–Crippen LogP) is 2.04. The van der Waals surface area contributed by atoms with Crippen molar-refractivity contribution in [2.24, 2.45) is 0 Å². The molecule has 2 fully saturated rings. The van der Waals surface area contributed by atoms with Crippen molar-refractivity contribution in [3.05, 3.63) is 24.0 Å². The molecule has 0 spiro atoms. The standard InChI is InChI=1S/C13H19N3/c1-10-8-11(4-6-14-10)15-12-5-7-16(9-12)13-2-3-13/h4,6,8,12-13H,2-3,5,7,9H2,1H3,(H,14,15). The smallest absolute Gasteiger partial charge is 0.0400 e. The van der Waals surface area contributed by atoms with Crippen LogP contribution in [0, 0.1) is 6.92 Å². The quantitative estimate of drug-likeness (QED) is 0.839. The van der Waals surface area contributed by atoms with E-state index in [-0.39, 0.29) is 0 Å². The Morgan fingerprint density at radius 1 is 1.38 bits per heavy atom. The molecule has 1 aliphatic heterocycles. The molecule has 16 heavy (non-hydrogen) atoms. The maximum absolute atomic E-state index is 4.22. The second-order valence-corrected chi connectivity index (χ2v) is 5.04. The Labute approximate surface area is 96.9 Å². The third-order valence-electron chi connectivity index (χ3n) is 3.55. The Balaban J connectivity index is 1.59. The Morgan fingerprint density at radius 2 is 2.25 bits per heavy atom. The van der Waals surface area contributed by atoms with Crippen molar-refractivity contribution in [2.45, 2.75) is 38.3 Å². The summed E-state index contributed by atoms with van der Waals surface area (Å²) in [5.74, 6) is 0. The number of nitrogens with one attached hydrogen (secondary N) is 1. The molecule has 0 bridgehead atoms. The van der Waals surface area contributed by atoms with Crippen LogP contribution in [-0.2, 0) is 0 Å². The fourth-order valence-corrected chi connectivity index (χ4v) is 2.55. The summed E-state index contributed by atoms with van der Waals surface area (Å²) in [7, 11) is 0. The third kappa shape index (κ3) is 2.19. The highest BCUT2D eigenvalue weighted by Crippen LogP contribution is 2.30. The lowest BCUT2D eigenvalue weighted by atomic mass is 10.2. The van der Waals surface area contributed by atoms with E-state index in [1.807, 2.05) is 13.1 Å². The summed E-state index contributed by atoms with van der Waals surface area (Å²) in [6.07, 6.45) is 5.99. The zero-order valence-corrected chi connectivity index (χ0v) is 9.82. The molecule has 0 amide bonds. The Hall–Kier alpha value is -1.09. The zero-order chi connectivity index (χ0) is 11.0. The van der Waals surface area contributed by atoms with Crippen LogP contribution < -0.4 is 5.32 Å². The number of aromatic nitrogens is 1. The summed E-state index contributed by atoms with van der Waals surface area (Å²) in [6.45, 7) is 4.52. The molecular weight excluding hydrogens is 198 g/mol. The van der Waals surface area contributed by atoms with Gasteiger partial charge >= 0.3 is 0 Å². The molecule has 1 saturated heterocycles. The van der Waals surface area contributed by atoms with Crippen molar-refractivity contribution in [1.82, 2.24) is 9.88 Å². The lowest BCUT2D eigenvalue weighted by Gasteiger charge is -2.16. The van der Waals surface area contributed by atoms with E-state index < -0.39 is 0 Å². The first-order valence-electron chi connectivity index (χ1n) is 6.24. The van der Waals surface area contributed by atoms with Gasteiger partial charge in [0.1, 0.15) is 0 Å². The number of hydrogen-bond acceptors (Lipinski definition) is 3. The van der Waals surface area contributed by atoms with Gasteiger partial charge in [0.15, 0.2) is 0 Å². The minimum Gasteiger partial charge on any atom is -0.381 e. The van der Waals surface area contributed by atoms with Crippen LogP contribution in [0.3, 0.4) is 0 Å². The molecule has 2 heterocycles. The molecule has 0 aromatic carbocycles. The molecule has 3 heteroatoms. The van der Waals surface area contributed by atoms with Gasteiger partial charge in [-0.05, 0) is 38.3 Å². The largest absolute Gasteiger partial charge is 0.381 e. The van der Waals surface area contributed by atoms with Crippen molar-refractivity contribution < 1.29 is 0 Å². The second-order valence-electron chi connectivity index (χ2n) is 5.04. The van der Waals surface area contributed by atoms with Crippen molar-refractivity contribution in [2.75, 3.05) is 18.4 Å². The van der Waals surface area contributed by atoms with Crippen molar-refractivity contribution >= 4 is 5.69 Å². The normalized spacial score (nSPS) is 25.9. The zero-order valence-electron chi connectivity index (χ0n) is 9.82. The highest BCUT2D eigenvalue weighted by molar-refractivity contribution is 5.44. The van der Waals surface area contributed by atoms with Crippen molar-refractivity contribution in [3.63, 3.8) is 0 Å². The number of anilines is 1. The van der Waals surface area contributed by atoms with Gasteiger partial charge in [0.25, 0.3) is 0 Å². The van der Waals surface area contributed by atoms with Gasteiger partial charge in [-0.2, -0.15) is 0 Å². The van der Waals surface area contributed by atoms with E-state index in [2.05, 4.69) is 27.3 Å². The van der Waals surface area contributed by atoms with E-state index in [0.717, 1.165) is 11.7 Å². The number of rotatable bonds is 3. The van der Waals surface area contributed by atoms with Gasteiger partial charge in [-0.25, -0.2) is 0 Å². The fraction of sp³-hybridized carbons (Fsp3) is 0.615. The lowest BCUT2D eigenvalue weighted by molar-refractivity contribution is 0.326. The van der Waals surface area contributed by atoms with Gasteiger partial charge in [0, 0.05) is 42.8 Å². The molecule has 2 aliphatic rings. The van der Waals surface area contributed by atoms with E-state index >= 15 is 0 Å². The van der Waals surface area contributed by atoms with Gasteiger partial charge in [-0.3, -0.25) is 9.88 Å². The SMILES string of the molecule is Cc1cc(NC2CCN(C3CC3)C2)ccn1. The molecule has 1 aliphatic carbocycles. The summed E-state index contributed by atoms with van der Waals surface area (Å²) in [6, 6.07) is 5.72. The summed E-state index contributed by atoms with van der Waals surface area (Å²) in [4.78, 5) is 6.85. The number of pyridine rings is 1. The molecule has 1 N–H and O–H groups in total. The van der Waals surface area contributed by atoms with Crippen LogP contribution in [-0.4, -0.2) is 35.1 Å². The second kappa shape index (κ2) is 4.06. The average Bonchev–Trinajstić information content (AvgIpc) is 3.01. The van der Waals surface area contributed by atoms with Gasteiger partial charge in [-0.1, -0.05) is 0 Å². The van der Waals surface area contributed by atoms with E-state index in [1.54, 1.807) is 0 Å². The molecule has 1 atom stereocenters. The van der Waals surface area contributed by atoms with E-state index in [1.165, 1.54) is 38.0 Å². The first-order chi connectivity index (χ1) is 7.81. The number of likely N-dealkylation sites (tertiary alicyclic amines) is 1. The highest BCUT2D eigenvalue weighted by Gasteiger charge is 2.34. The van der Waals surface area contributed by atoms with Gasteiger partial charge in [0.2, 0.25) is 0 Å².